The maximum absolute atomic E-state index is 12.8. The summed E-state index contributed by atoms with van der Waals surface area (Å²) >= 11 is 1.80. The van der Waals surface area contributed by atoms with E-state index in [0.29, 0.717) is 24.0 Å². The number of aromatic nitrogens is 4. The van der Waals surface area contributed by atoms with Gasteiger partial charge in [-0.1, -0.05) is 6.42 Å². The van der Waals surface area contributed by atoms with Crippen molar-refractivity contribution in [3.63, 3.8) is 0 Å². The molecule has 0 bridgehead atoms. The summed E-state index contributed by atoms with van der Waals surface area (Å²) in [6.45, 7) is 1.51. The van der Waals surface area contributed by atoms with E-state index >= 15 is 0 Å². The normalized spacial score (nSPS) is 24.9. The predicted octanol–water partition coefficient (Wildman–Crippen LogP) is 3.81. The quantitative estimate of drug-likeness (QED) is 0.579. The molecule has 31 heavy (non-hydrogen) atoms. The zero-order chi connectivity index (χ0) is 21.0. The van der Waals surface area contributed by atoms with Crippen LogP contribution in [0.5, 0.6) is 0 Å². The van der Waals surface area contributed by atoms with Gasteiger partial charge in [0.2, 0.25) is 0 Å². The standard InChI is InChI=1S/C23H25N5O2S/c1-30-22(29)23-8-4-5-14(23)12-28(13-23)20-18-15-6-2-3-7-17(15)31-21(18)27-19(26-20)16-11-24-9-10-25-16/h9-11,14H,2-8,12-13H2,1H3. The van der Waals surface area contributed by atoms with Crippen molar-refractivity contribution in [3.8, 4) is 11.5 Å². The van der Waals surface area contributed by atoms with Crippen molar-refractivity contribution >= 4 is 33.3 Å². The van der Waals surface area contributed by atoms with E-state index < -0.39 is 5.41 Å². The lowest BCUT2D eigenvalue weighted by atomic mass is 9.81. The lowest BCUT2D eigenvalue weighted by Gasteiger charge is -2.26. The first-order valence-corrected chi connectivity index (χ1v) is 11.9. The molecule has 1 saturated heterocycles. The smallest absolute Gasteiger partial charge is 0.313 e. The van der Waals surface area contributed by atoms with E-state index in [2.05, 4.69) is 14.9 Å². The highest BCUT2D eigenvalue weighted by molar-refractivity contribution is 7.19. The highest BCUT2D eigenvalue weighted by Crippen LogP contribution is 2.51. The second-order valence-corrected chi connectivity index (χ2v) is 10.1. The van der Waals surface area contributed by atoms with Crippen molar-refractivity contribution < 1.29 is 9.53 Å². The fourth-order valence-electron chi connectivity index (χ4n) is 5.88. The number of aryl methyl sites for hydroxylation is 2. The summed E-state index contributed by atoms with van der Waals surface area (Å²) in [5.41, 5.74) is 1.68. The molecule has 0 radical (unpaired) electrons. The van der Waals surface area contributed by atoms with Gasteiger partial charge in [-0.3, -0.25) is 9.78 Å². The van der Waals surface area contributed by atoms with Gasteiger partial charge >= 0.3 is 5.97 Å². The first-order valence-electron chi connectivity index (χ1n) is 11.1. The number of hydrogen-bond acceptors (Lipinski definition) is 8. The number of fused-ring (bicyclic) bond motifs is 4. The number of esters is 1. The van der Waals surface area contributed by atoms with Gasteiger partial charge in [0.15, 0.2) is 5.82 Å². The van der Waals surface area contributed by atoms with Crippen LogP contribution in [0.15, 0.2) is 18.6 Å². The first-order chi connectivity index (χ1) is 15.2. The molecule has 1 aliphatic heterocycles. The minimum Gasteiger partial charge on any atom is -0.469 e. The molecule has 2 aliphatic carbocycles. The van der Waals surface area contributed by atoms with Crippen LogP contribution in [0.4, 0.5) is 5.82 Å². The summed E-state index contributed by atoms with van der Waals surface area (Å²) in [6.07, 6.45) is 12.7. The molecule has 6 rings (SSSR count). The summed E-state index contributed by atoms with van der Waals surface area (Å²) in [7, 11) is 1.51. The Morgan fingerprint density at radius 2 is 2.13 bits per heavy atom. The first kappa shape index (κ1) is 19.1. The highest BCUT2D eigenvalue weighted by atomic mass is 32.1. The Bertz CT molecular complexity index is 1160. The van der Waals surface area contributed by atoms with Crippen LogP contribution in [0, 0.1) is 11.3 Å². The molecule has 0 spiro atoms. The van der Waals surface area contributed by atoms with Crippen LogP contribution in [0.25, 0.3) is 21.7 Å². The van der Waals surface area contributed by atoms with E-state index in [1.54, 1.807) is 29.9 Å². The number of hydrogen-bond donors (Lipinski definition) is 0. The molecule has 3 aromatic rings. The van der Waals surface area contributed by atoms with Crippen LogP contribution in [0.2, 0.25) is 0 Å². The molecule has 0 aromatic carbocycles. The Morgan fingerprint density at radius 1 is 1.23 bits per heavy atom. The fraction of sp³-hybridized carbons (Fsp3) is 0.522. The monoisotopic (exact) mass is 435 g/mol. The molecule has 3 aliphatic rings. The van der Waals surface area contributed by atoms with Crippen molar-refractivity contribution in [2.45, 2.75) is 44.9 Å². The third-order valence-corrected chi connectivity index (χ3v) is 8.54. The summed E-state index contributed by atoms with van der Waals surface area (Å²) < 4.78 is 5.26. The molecule has 0 N–H and O–H groups in total. The molecule has 0 amide bonds. The zero-order valence-electron chi connectivity index (χ0n) is 17.6. The van der Waals surface area contributed by atoms with Gasteiger partial charge in [0, 0.05) is 30.4 Å². The van der Waals surface area contributed by atoms with E-state index in [1.807, 2.05) is 0 Å². The Balaban J connectivity index is 1.52. The lowest BCUT2D eigenvalue weighted by Crippen LogP contribution is -2.37. The number of nitrogens with zero attached hydrogens (tertiary/aromatic N) is 5. The maximum atomic E-state index is 12.8. The number of ether oxygens (including phenoxy) is 1. The van der Waals surface area contributed by atoms with Gasteiger partial charge in [-0.25, -0.2) is 15.0 Å². The van der Waals surface area contributed by atoms with Crippen LogP contribution in [-0.4, -0.2) is 46.1 Å². The van der Waals surface area contributed by atoms with Crippen molar-refractivity contribution in [2.24, 2.45) is 11.3 Å². The molecule has 160 valence electrons. The van der Waals surface area contributed by atoms with Gasteiger partial charge in [0.05, 0.1) is 24.1 Å². The Hall–Kier alpha value is -2.61. The molecule has 2 unspecified atom stereocenters. The summed E-state index contributed by atoms with van der Waals surface area (Å²) in [5.74, 6) is 1.82. The second kappa shape index (κ2) is 7.22. The molecule has 8 heteroatoms. The molecule has 1 saturated carbocycles. The number of anilines is 1. The van der Waals surface area contributed by atoms with Gasteiger partial charge in [0.1, 0.15) is 16.3 Å². The van der Waals surface area contributed by atoms with E-state index in [4.69, 9.17) is 14.7 Å². The minimum absolute atomic E-state index is 0.0655. The van der Waals surface area contributed by atoms with Crippen molar-refractivity contribution in [2.75, 3.05) is 25.1 Å². The van der Waals surface area contributed by atoms with Crippen LogP contribution in [0.3, 0.4) is 0 Å². The average Bonchev–Trinajstić information content (AvgIpc) is 3.49. The molecule has 3 aromatic heterocycles. The van der Waals surface area contributed by atoms with E-state index in [-0.39, 0.29) is 5.97 Å². The van der Waals surface area contributed by atoms with Gasteiger partial charge in [-0.05, 0) is 50.0 Å². The lowest BCUT2D eigenvalue weighted by molar-refractivity contribution is -0.152. The number of carbonyl (C=O) groups is 1. The maximum Gasteiger partial charge on any atom is 0.313 e. The van der Waals surface area contributed by atoms with Gasteiger partial charge < -0.3 is 9.64 Å². The van der Waals surface area contributed by atoms with Gasteiger partial charge in [0.25, 0.3) is 0 Å². The van der Waals surface area contributed by atoms with E-state index in [9.17, 15) is 4.79 Å². The Kier molecular flexibility index (Phi) is 4.45. The zero-order valence-corrected chi connectivity index (χ0v) is 18.5. The third kappa shape index (κ3) is 2.87. The Labute approximate surface area is 184 Å². The van der Waals surface area contributed by atoms with Crippen molar-refractivity contribution in [1.82, 2.24) is 19.9 Å². The average molecular weight is 436 g/mol. The second-order valence-electron chi connectivity index (χ2n) is 8.97. The van der Waals surface area contributed by atoms with Crippen molar-refractivity contribution in [1.29, 1.82) is 0 Å². The summed E-state index contributed by atoms with van der Waals surface area (Å²) in [6, 6.07) is 0. The SMILES string of the molecule is COC(=O)C12CCCC1CN(c1nc(-c3cnccn3)nc3sc4c(c13)CCCC4)C2. The molecular weight excluding hydrogens is 410 g/mol. The van der Waals surface area contributed by atoms with Gasteiger partial charge in [-0.2, -0.15) is 0 Å². The molecule has 4 heterocycles. The number of carbonyl (C=O) groups excluding carboxylic acids is 1. The van der Waals surface area contributed by atoms with Crippen LogP contribution >= 0.6 is 11.3 Å². The highest BCUT2D eigenvalue weighted by Gasteiger charge is 2.56. The molecular formula is C23H25N5O2S. The number of thiophene rings is 1. The number of methoxy groups -OCH3 is 1. The van der Waals surface area contributed by atoms with E-state index in [1.165, 1.54) is 35.8 Å². The van der Waals surface area contributed by atoms with Crippen LogP contribution in [-0.2, 0) is 22.4 Å². The van der Waals surface area contributed by atoms with E-state index in [0.717, 1.165) is 49.3 Å². The van der Waals surface area contributed by atoms with Gasteiger partial charge in [-0.15, -0.1) is 11.3 Å². The summed E-state index contributed by atoms with van der Waals surface area (Å²) in [5, 5.41) is 1.19. The molecule has 7 nitrogen and oxygen atoms in total. The van der Waals surface area contributed by atoms with Crippen molar-refractivity contribution in [3.05, 3.63) is 29.0 Å². The van der Waals surface area contributed by atoms with Crippen LogP contribution in [0.1, 0.15) is 42.5 Å². The molecule has 2 fully saturated rings. The molecule has 2 atom stereocenters. The number of rotatable bonds is 3. The topological polar surface area (TPSA) is 81.1 Å². The Morgan fingerprint density at radius 3 is 2.97 bits per heavy atom. The third-order valence-electron chi connectivity index (χ3n) is 7.35. The largest absolute Gasteiger partial charge is 0.469 e. The predicted molar refractivity (Wildman–Crippen MR) is 119 cm³/mol. The van der Waals surface area contributed by atoms with Crippen LogP contribution < -0.4 is 4.90 Å². The fourth-order valence-corrected chi connectivity index (χ4v) is 7.14. The minimum atomic E-state index is -0.408. The summed E-state index contributed by atoms with van der Waals surface area (Å²) in [4.78, 5) is 36.2.